The largest absolute Gasteiger partial charge is 0.481 e. The second-order valence-electron chi connectivity index (χ2n) is 4.79. The summed E-state index contributed by atoms with van der Waals surface area (Å²) in [4.78, 5) is 24.7. The highest BCUT2D eigenvalue weighted by Gasteiger charge is 2.28. The van der Waals surface area contributed by atoms with Crippen LogP contribution in [0.5, 0.6) is 0 Å². The van der Waals surface area contributed by atoms with Crippen molar-refractivity contribution in [1.82, 2.24) is 4.90 Å². The highest BCUT2D eigenvalue weighted by atomic mass is 16.5. The van der Waals surface area contributed by atoms with Crippen LogP contribution in [0.3, 0.4) is 0 Å². The van der Waals surface area contributed by atoms with Crippen LogP contribution >= 0.6 is 0 Å². The van der Waals surface area contributed by atoms with Gasteiger partial charge in [0, 0.05) is 13.1 Å². The predicted octanol–water partition coefficient (Wildman–Crippen LogP) is 1.37. The summed E-state index contributed by atoms with van der Waals surface area (Å²) in [6, 6.07) is 0. The van der Waals surface area contributed by atoms with Crippen LogP contribution < -0.4 is 0 Å². The van der Waals surface area contributed by atoms with Gasteiger partial charge in [-0.25, -0.2) is 0 Å². The van der Waals surface area contributed by atoms with E-state index in [9.17, 15) is 9.59 Å². The van der Waals surface area contributed by atoms with Gasteiger partial charge in [0.15, 0.2) is 0 Å². The van der Waals surface area contributed by atoms with Crippen molar-refractivity contribution >= 4 is 11.9 Å². The molecule has 0 bridgehead atoms. The number of ether oxygens (including phenoxy) is 1. The first kappa shape index (κ1) is 15.0. The van der Waals surface area contributed by atoms with Crippen LogP contribution in [-0.4, -0.2) is 48.2 Å². The standard InChI is InChI=1S/C13H23NO4/c1-3-10(13(17)18-4-2)8-14-7-5-6-11(9-14)12(15)16/h10-11H,3-9H2,1-2H3,(H,15,16). The lowest BCUT2D eigenvalue weighted by molar-refractivity contribution is -0.149. The van der Waals surface area contributed by atoms with Crippen molar-refractivity contribution in [1.29, 1.82) is 0 Å². The van der Waals surface area contributed by atoms with Gasteiger partial charge in [0.05, 0.1) is 18.4 Å². The minimum Gasteiger partial charge on any atom is -0.481 e. The van der Waals surface area contributed by atoms with Crippen LogP contribution in [0.4, 0.5) is 0 Å². The van der Waals surface area contributed by atoms with Gasteiger partial charge in [-0.2, -0.15) is 0 Å². The fraction of sp³-hybridized carbons (Fsp3) is 0.846. The van der Waals surface area contributed by atoms with E-state index in [0.717, 1.165) is 25.8 Å². The average molecular weight is 257 g/mol. The van der Waals surface area contributed by atoms with Crippen LogP contribution in [0.1, 0.15) is 33.1 Å². The Bertz CT molecular complexity index is 293. The summed E-state index contributed by atoms with van der Waals surface area (Å²) in [7, 11) is 0. The predicted molar refractivity (Wildman–Crippen MR) is 67.2 cm³/mol. The number of nitrogens with zero attached hydrogens (tertiary/aromatic N) is 1. The summed E-state index contributed by atoms with van der Waals surface area (Å²) >= 11 is 0. The second kappa shape index (κ2) is 7.36. The molecule has 2 atom stereocenters. The number of carbonyl (C=O) groups is 2. The van der Waals surface area contributed by atoms with E-state index in [2.05, 4.69) is 4.90 Å². The summed E-state index contributed by atoms with van der Waals surface area (Å²) in [5, 5.41) is 9.02. The molecule has 1 aliphatic rings. The zero-order valence-corrected chi connectivity index (χ0v) is 11.2. The number of likely N-dealkylation sites (tertiary alicyclic amines) is 1. The molecule has 0 radical (unpaired) electrons. The smallest absolute Gasteiger partial charge is 0.310 e. The van der Waals surface area contributed by atoms with Gasteiger partial charge in [-0.1, -0.05) is 6.92 Å². The van der Waals surface area contributed by atoms with Gasteiger partial charge in [-0.15, -0.1) is 0 Å². The van der Waals surface area contributed by atoms with Crippen molar-refractivity contribution in [3.8, 4) is 0 Å². The third kappa shape index (κ3) is 4.29. The summed E-state index contributed by atoms with van der Waals surface area (Å²) in [5.41, 5.74) is 0. The summed E-state index contributed by atoms with van der Waals surface area (Å²) in [5.74, 6) is -1.34. The third-order valence-electron chi connectivity index (χ3n) is 3.45. The lowest BCUT2D eigenvalue weighted by Gasteiger charge is -2.32. The van der Waals surface area contributed by atoms with Crippen molar-refractivity contribution < 1.29 is 19.4 Å². The van der Waals surface area contributed by atoms with Gasteiger partial charge >= 0.3 is 11.9 Å². The Hall–Kier alpha value is -1.10. The van der Waals surface area contributed by atoms with E-state index in [4.69, 9.17) is 9.84 Å². The van der Waals surface area contributed by atoms with E-state index in [0.29, 0.717) is 19.7 Å². The van der Waals surface area contributed by atoms with Crippen molar-refractivity contribution in [3.05, 3.63) is 0 Å². The minimum atomic E-state index is -0.733. The maximum atomic E-state index is 11.7. The van der Waals surface area contributed by atoms with Crippen molar-refractivity contribution in [2.45, 2.75) is 33.1 Å². The second-order valence-corrected chi connectivity index (χ2v) is 4.79. The maximum Gasteiger partial charge on any atom is 0.310 e. The molecule has 5 heteroatoms. The molecule has 0 amide bonds. The van der Waals surface area contributed by atoms with Crippen LogP contribution in [0.15, 0.2) is 0 Å². The van der Waals surface area contributed by atoms with Gasteiger partial charge in [0.25, 0.3) is 0 Å². The number of carbonyl (C=O) groups excluding carboxylic acids is 1. The van der Waals surface area contributed by atoms with E-state index in [1.165, 1.54) is 0 Å². The quantitative estimate of drug-likeness (QED) is 0.728. The van der Waals surface area contributed by atoms with Crippen molar-refractivity contribution in [2.24, 2.45) is 11.8 Å². The summed E-state index contributed by atoms with van der Waals surface area (Å²) in [6.07, 6.45) is 2.35. The fourth-order valence-corrected chi connectivity index (χ4v) is 2.37. The number of hydrogen-bond donors (Lipinski definition) is 1. The number of rotatable bonds is 6. The molecule has 1 aliphatic heterocycles. The van der Waals surface area contributed by atoms with Crippen LogP contribution in [-0.2, 0) is 14.3 Å². The molecule has 1 saturated heterocycles. The Balaban J connectivity index is 2.48. The number of piperidine rings is 1. The Kier molecular flexibility index (Phi) is 6.12. The molecule has 1 rings (SSSR count). The zero-order chi connectivity index (χ0) is 13.5. The first-order chi connectivity index (χ1) is 8.58. The van der Waals surface area contributed by atoms with E-state index in [-0.39, 0.29) is 17.8 Å². The van der Waals surface area contributed by atoms with Gasteiger partial charge in [-0.3, -0.25) is 9.59 Å². The van der Waals surface area contributed by atoms with Gasteiger partial charge in [0.1, 0.15) is 0 Å². The van der Waals surface area contributed by atoms with Crippen LogP contribution in [0.2, 0.25) is 0 Å². The van der Waals surface area contributed by atoms with Crippen molar-refractivity contribution in [2.75, 3.05) is 26.2 Å². The van der Waals surface area contributed by atoms with Gasteiger partial charge in [0.2, 0.25) is 0 Å². The highest BCUT2D eigenvalue weighted by Crippen LogP contribution is 2.19. The van der Waals surface area contributed by atoms with E-state index in [1.807, 2.05) is 6.92 Å². The third-order valence-corrected chi connectivity index (χ3v) is 3.45. The lowest BCUT2D eigenvalue weighted by Crippen LogP contribution is -2.42. The summed E-state index contributed by atoms with van der Waals surface area (Å²) < 4.78 is 5.03. The molecule has 0 saturated carbocycles. The monoisotopic (exact) mass is 257 g/mol. The Labute approximate surface area is 108 Å². The van der Waals surface area contributed by atoms with E-state index >= 15 is 0 Å². The molecule has 0 aromatic carbocycles. The number of carboxylic acid groups (broad SMARTS) is 1. The highest BCUT2D eigenvalue weighted by molar-refractivity contribution is 5.72. The topological polar surface area (TPSA) is 66.8 Å². The van der Waals surface area contributed by atoms with E-state index in [1.54, 1.807) is 6.92 Å². The van der Waals surface area contributed by atoms with Gasteiger partial charge in [-0.05, 0) is 32.7 Å². The molecule has 0 aromatic heterocycles. The Morgan fingerprint density at radius 3 is 2.72 bits per heavy atom. The number of esters is 1. The molecule has 0 aliphatic carbocycles. The molecule has 0 spiro atoms. The molecule has 1 heterocycles. The Morgan fingerprint density at radius 2 is 2.17 bits per heavy atom. The fourth-order valence-electron chi connectivity index (χ4n) is 2.37. The van der Waals surface area contributed by atoms with Crippen LogP contribution in [0.25, 0.3) is 0 Å². The molecular weight excluding hydrogens is 234 g/mol. The van der Waals surface area contributed by atoms with Gasteiger partial charge < -0.3 is 14.7 Å². The number of carboxylic acids is 1. The average Bonchev–Trinajstić information content (AvgIpc) is 2.36. The first-order valence-corrected chi connectivity index (χ1v) is 6.70. The molecule has 18 heavy (non-hydrogen) atoms. The van der Waals surface area contributed by atoms with E-state index < -0.39 is 5.97 Å². The molecule has 1 fully saturated rings. The molecular formula is C13H23NO4. The first-order valence-electron chi connectivity index (χ1n) is 6.70. The van der Waals surface area contributed by atoms with Crippen molar-refractivity contribution in [3.63, 3.8) is 0 Å². The summed E-state index contributed by atoms with van der Waals surface area (Å²) in [6.45, 7) is 6.18. The SMILES string of the molecule is CCOC(=O)C(CC)CN1CCCC(C(=O)O)C1. The molecule has 1 N–H and O–H groups in total. The van der Waals surface area contributed by atoms with Crippen LogP contribution in [0, 0.1) is 11.8 Å². The Morgan fingerprint density at radius 1 is 1.44 bits per heavy atom. The molecule has 104 valence electrons. The maximum absolute atomic E-state index is 11.7. The molecule has 2 unspecified atom stereocenters. The lowest BCUT2D eigenvalue weighted by atomic mass is 9.96. The molecule has 5 nitrogen and oxygen atoms in total. The number of hydrogen-bond acceptors (Lipinski definition) is 4. The number of aliphatic carboxylic acids is 1. The minimum absolute atomic E-state index is 0.141. The normalized spacial score (nSPS) is 22.4. The zero-order valence-electron chi connectivity index (χ0n) is 11.2. The molecule has 0 aromatic rings.